The third-order valence-electron chi connectivity index (χ3n) is 4.62. The van der Waals surface area contributed by atoms with Crippen molar-refractivity contribution in [3.05, 3.63) is 41.0 Å². The van der Waals surface area contributed by atoms with Crippen LogP contribution in [0.2, 0.25) is 5.02 Å². The van der Waals surface area contributed by atoms with Gasteiger partial charge in [0.15, 0.2) is 11.5 Å². The van der Waals surface area contributed by atoms with Gasteiger partial charge < -0.3 is 19.9 Å². The van der Waals surface area contributed by atoms with Crippen LogP contribution >= 0.6 is 11.6 Å². The fourth-order valence-electron chi connectivity index (χ4n) is 3.16. The number of ether oxygens (including phenoxy) is 1. The van der Waals surface area contributed by atoms with Gasteiger partial charge in [0.25, 0.3) is 5.91 Å². The van der Waals surface area contributed by atoms with Crippen LogP contribution in [0.5, 0.6) is 0 Å². The van der Waals surface area contributed by atoms with Crippen molar-refractivity contribution >= 4 is 17.5 Å². The van der Waals surface area contributed by atoms with Crippen molar-refractivity contribution in [2.75, 3.05) is 33.4 Å². The van der Waals surface area contributed by atoms with E-state index in [0.29, 0.717) is 29.5 Å². The van der Waals surface area contributed by atoms with Gasteiger partial charge in [0, 0.05) is 30.7 Å². The number of carbonyl (C=O) groups excluding carboxylic acids is 1. The van der Waals surface area contributed by atoms with Gasteiger partial charge in [-0.2, -0.15) is 0 Å². The molecule has 3 rings (SSSR count). The first-order chi connectivity index (χ1) is 12.1. The summed E-state index contributed by atoms with van der Waals surface area (Å²) >= 11 is 6.16. The Balaban J connectivity index is 1.66. The van der Waals surface area contributed by atoms with Crippen LogP contribution in [-0.2, 0) is 4.74 Å². The first-order valence-electron chi connectivity index (χ1n) is 8.33. The number of halogens is 1. The average Bonchev–Trinajstić information content (AvgIpc) is 3.11. The van der Waals surface area contributed by atoms with Gasteiger partial charge in [0.1, 0.15) is 0 Å². The summed E-state index contributed by atoms with van der Waals surface area (Å²) in [4.78, 5) is 12.4. The molecule has 6 nitrogen and oxygen atoms in total. The van der Waals surface area contributed by atoms with E-state index < -0.39 is 0 Å². The van der Waals surface area contributed by atoms with E-state index in [4.69, 9.17) is 20.9 Å². The number of hydrogen-bond donors (Lipinski definition) is 2. The molecule has 0 unspecified atom stereocenters. The van der Waals surface area contributed by atoms with E-state index in [1.54, 1.807) is 19.2 Å². The molecule has 134 valence electrons. The molecule has 0 bridgehead atoms. The minimum absolute atomic E-state index is 0.0367. The molecule has 0 atom stereocenters. The minimum Gasteiger partial charge on any atom is -0.384 e. The van der Waals surface area contributed by atoms with Gasteiger partial charge in [-0.15, -0.1) is 0 Å². The predicted molar refractivity (Wildman–Crippen MR) is 95.7 cm³/mol. The number of rotatable bonds is 6. The molecule has 1 fully saturated rings. The summed E-state index contributed by atoms with van der Waals surface area (Å²) in [7, 11) is 1.69. The Bertz CT molecular complexity index is 720. The molecule has 25 heavy (non-hydrogen) atoms. The van der Waals surface area contributed by atoms with Gasteiger partial charge in [-0.3, -0.25) is 4.79 Å². The number of aromatic nitrogens is 1. The molecule has 1 saturated heterocycles. The maximum atomic E-state index is 12.4. The van der Waals surface area contributed by atoms with Gasteiger partial charge in [-0.25, -0.2) is 0 Å². The van der Waals surface area contributed by atoms with Crippen molar-refractivity contribution in [2.24, 2.45) is 5.41 Å². The van der Waals surface area contributed by atoms with Crippen LogP contribution in [-0.4, -0.2) is 44.4 Å². The molecule has 0 spiro atoms. The fraction of sp³-hybridized carbons (Fsp3) is 0.444. The quantitative estimate of drug-likeness (QED) is 0.825. The molecule has 1 aliphatic rings. The predicted octanol–water partition coefficient (Wildman–Crippen LogP) is 2.74. The highest BCUT2D eigenvalue weighted by Gasteiger charge is 2.32. The van der Waals surface area contributed by atoms with Crippen LogP contribution < -0.4 is 10.6 Å². The summed E-state index contributed by atoms with van der Waals surface area (Å²) in [6, 6.07) is 8.90. The van der Waals surface area contributed by atoms with Gasteiger partial charge in [0.2, 0.25) is 0 Å². The summed E-state index contributed by atoms with van der Waals surface area (Å²) in [5, 5.41) is 10.7. The van der Waals surface area contributed by atoms with Crippen molar-refractivity contribution in [3.8, 4) is 11.3 Å². The first kappa shape index (κ1) is 17.9. The molecule has 7 heteroatoms. The van der Waals surface area contributed by atoms with Gasteiger partial charge >= 0.3 is 0 Å². The Morgan fingerprint density at radius 2 is 2.16 bits per heavy atom. The number of carbonyl (C=O) groups is 1. The topological polar surface area (TPSA) is 76.4 Å². The zero-order valence-corrected chi connectivity index (χ0v) is 14.9. The average molecular weight is 364 g/mol. The molecule has 0 saturated carbocycles. The molecule has 1 aromatic heterocycles. The van der Waals surface area contributed by atoms with Crippen molar-refractivity contribution < 1.29 is 14.1 Å². The van der Waals surface area contributed by atoms with Gasteiger partial charge in [0.05, 0.1) is 11.6 Å². The molecule has 2 N–H and O–H groups in total. The van der Waals surface area contributed by atoms with Crippen molar-refractivity contribution in [1.82, 2.24) is 15.8 Å². The maximum absolute atomic E-state index is 12.4. The summed E-state index contributed by atoms with van der Waals surface area (Å²) in [6.07, 6.45) is 1.93. The number of nitrogens with zero attached hydrogens (tertiary/aromatic N) is 1. The van der Waals surface area contributed by atoms with E-state index in [-0.39, 0.29) is 17.0 Å². The Morgan fingerprint density at radius 1 is 1.40 bits per heavy atom. The molecule has 2 heterocycles. The Labute approximate surface area is 151 Å². The number of amides is 1. The molecule has 0 radical (unpaired) electrons. The van der Waals surface area contributed by atoms with Crippen LogP contribution in [0.3, 0.4) is 0 Å². The van der Waals surface area contributed by atoms with Crippen molar-refractivity contribution in [2.45, 2.75) is 12.8 Å². The molecule has 1 aliphatic heterocycles. The summed E-state index contributed by atoms with van der Waals surface area (Å²) in [5.41, 5.74) is 0.923. The zero-order chi connectivity index (χ0) is 17.7. The first-order valence-corrected chi connectivity index (χ1v) is 8.71. The number of methoxy groups -OCH3 is 1. The monoisotopic (exact) mass is 363 g/mol. The third kappa shape index (κ3) is 4.21. The lowest BCUT2D eigenvalue weighted by atomic mass is 9.79. The maximum Gasteiger partial charge on any atom is 0.273 e. The second-order valence-electron chi connectivity index (χ2n) is 6.42. The van der Waals surface area contributed by atoms with Crippen LogP contribution in [0.1, 0.15) is 23.3 Å². The lowest BCUT2D eigenvalue weighted by Gasteiger charge is -2.37. The number of hydrogen-bond acceptors (Lipinski definition) is 5. The minimum atomic E-state index is -0.254. The summed E-state index contributed by atoms with van der Waals surface area (Å²) in [6.45, 7) is 3.04. The summed E-state index contributed by atoms with van der Waals surface area (Å²) in [5.74, 6) is 0.222. The molecular formula is C18H22ClN3O3. The van der Waals surface area contributed by atoms with Crippen LogP contribution in [0, 0.1) is 5.41 Å². The molecule has 1 amide bonds. The molecular weight excluding hydrogens is 342 g/mol. The summed E-state index contributed by atoms with van der Waals surface area (Å²) < 4.78 is 10.7. The van der Waals surface area contributed by atoms with E-state index in [1.807, 2.05) is 18.2 Å². The van der Waals surface area contributed by atoms with Gasteiger partial charge in [-0.05, 0) is 38.1 Å². The molecule has 2 aromatic rings. The highest BCUT2D eigenvalue weighted by atomic mass is 35.5. The van der Waals surface area contributed by atoms with Crippen molar-refractivity contribution in [1.29, 1.82) is 0 Å². The zero-order valence-electron chi connectivity index (χ0n) is 14.2. The van der Waals surface area contributed by atoms with E-state index in [1.165, 1.54) is 0 Å². The SMILES string of the molecule is COCC1(CNC(=O)c2cc(-c3ccccc3Cl)on2)CCNCC1. The third-order valence-corrected chi connectivity index (χ3v) is 4.95. The Kier molecular flexibility index (Phi) is 5.73. The number of benzene rings is 1. The number of nitrogens with one attached hydrogen (secondary N) is 2. The second kappa shape index (κ2) is 7.99. The lowest BCUT2D eigenvalue weighted by Crippen LogP contribution is -2.47. The van der Waals surface area contributed by atoms with E-state index in [2.05, 4.69) is 15.8 Å². The van der Waals surface area contributed by atoms with Crippen molar-refractivity contribution in [3.63, 3.8) is 0 Å². The second-order valence-corrected chi connectivity index (χ2v) is 6.83. The smallest absolute Gasteiger partial charge is 0.273 e. The molecule has 0 aliphatic carbocycles. The highest BCUT2D eigenvalue weighted by molar-refractivity contribution is 6.33. The normalized spacial score (nSPS) is 16.6. The lowest BCUT2D eigenvalue weighted by molar-refractivity contribution is 0.0510. The Morgan fingerprint density at radius 3 is 2.88 bits per heavy atom. The van der Waals surface area contributed by atoms with Crippen LogP contribution in [0.4, 0.5) is 0 Å². The standard InChI is InChI=1S/C18H22ClN3O3/c1-24-12-18(6-8-20-9-7-18)11-21-17(23)15-10-16(25-22-15)13-4-2-3-5-14(13)19/h2-5,10,20H,6-9,11-12H2,1H3,(H,21,23). The fourth-order valence-corrected chi connectivity index (χ4v) is 3.39. The van der Waals surface area contributed by atoms with Crippen LogP contribution in [0.15, 0.2) is 34.9 Å². The molecule has 1 aromatic carbocycles. The van der Waals surface area contributed by atoms with Crippen LogP contribution in [0.25, 0.3) is 11.3 Å². The van der Waals surface area contributed by atoms with Gasteiger partial charge in [-0.1, -0.05) is 28.9 Å². The largest absolute Gasteiger partial charge is 0.384 e. The van der Waals surface area contributed by atoms with E-state index in [0.717, 1.165) is 25.9 Å². The van der Waals surface area contributed by atoms with E-state index in [9.17, 15) is 4.79 Å². The number of piperidine rings is 1. The Hall–Kier alpha value is -1.89. The highest BCUT2D eigenvalue weighted by Crippen LogP contribution is 2.29. The van der Waals surface area contributed by atoms with E-state index >= 15 is 0 Å².